The minimum atomic E-state index is 0.228. The average Bonchev–Trinajstić information content (AvgIpc) is 2.92. The molecule has 1 aliphatic heterocycles. The van der Waals surface area contributed by atoms with E-state index in [9.17, 15) is 0 Å². The van der Waals surface area contributed by atoms with Gasteiger partial charge >= 0.3 is 0 Å². The van der Waals surface area contributed by atoms with Gasteiger partial charge in [0.15, 0.2) is 12.3 Å². The van der Waals surface area contributed by atoms with Crippen LogP contribution >= 0.6 is 0 Å². The van der Waals surface area contributed by atoms with Gasteiger partial charge in [0, 0.05) is 36.5 Å². The largest absolute Gasteiger partial charge is 0.464 e. The third kappa shape index (κ3) is 2.59. The van der Waals surface area contributed by atoms with Crippen molar-refractivity contribution in [3.8, 4) is 18.2 Å². The first-order chi connectivity index (χ1) is 10.2. The molecule has 2 aromatic heterocycles. The summed E-state index contributed by atoms with van der Waals surface area (Å²) in [6, 6.07) is 2.05. The number of aryl methyl sites for hydroxylation is 1. The van der Waals surface area contributed by atoms with Crippen LogP contribution in [0.25, 0.3) is 5.65 Å². The minimum absolute atomic E-state index is 0.228. The smallest absolute Gasteiger partial charge is 0.222 e. The number of ether oxygens (including phenoxy) is 2. The molecule has 1 aliphatic rings. The van der Waals surface area contributed by atoms with Crippen molar-refractivity contribution >= 4 is 5.65 Å². The van der Waals surface area contributed by atoms with Crippen LogP contribution in [0.1, 0.15) is 35.7 Å². The lowest BCUT2D eigenvalue weighted by atomic mass is 9.97. The van der Waals surface area contributed by atoms with Crippen molar-refractivity contribution in [2.24, 2.45) is 0 Å². The average molecular weight is 285 g/mol. The topological polar surface area (TPSA) is 48.7 Å². The zero-order valence-electron chi connectivity index (χ0n) is 12.4. The van der Waals surface area contributed by atoms with Crippen LogP contribution in [0.15, 0.2) is 6.07 Å². The standard InChI is InChI=1S/C16H19N3O2/c1-4-7-21-16-11(2)12(3)17-15-10-14(18-19(15)16)13-5-8-20-9-6-13/h1,10,13H,5-9H2,2-3H3. The Morgan fingerprint density at radius 1 is 1.43 bits per heavy atom. The lowest BCUT2D eigenvalue weighted by Gasteiger charge is -2.19. The molecule has 3 rings (SSSR count). The summed E-state index contributed by atoms with van der Waals surface area (Å²) in [6.07, 6.45) is 7.30. The first-order valence-electron chi connectivity index (χ1n) is 7.21. The van der Waals surface area contributed by atoms with Crippen molar-refractivity contribution in [3.63, 3.8) is 0 Å². The quantitative estimate of drug-likeness (QED) is 0.812. The zero-order valence-corrected chi connectivity index (χ0v) is 12.4. The Labute approximate surface area is 124 Å². The Kier molecular flexibility index (Phi) is 3.80. The van der Waals surface area contributed by atoms with Gasteiger partial charge in [-0.05, 0) is 26.7 Å². The molecule has 0 radical (unpaired) electrons. The van der Waals surface area contributed by atoms with Crippen molar-refractivity contribution in [2.75, 3.05) is 19.8 Å². The minimum Gasteiger partial charge on any atom is -0.464 e. The summed E-state index contributed by atoms with van der Waals surface area (Å²) in [7, 11) is 0. The number of fused-ring (bicyclic) bond motifs is 1. The van der Waals surface area contributed by atoms with E-state index in [-0.39, 0.29) is 6.61 Å². The lowest BCUT2D eigenvalue weighted by Crippen LogP contribution is -2.14. The van der Waals surface area contributed by atoms with Crippen LogP contribution in [0.2, 0.25) is 0 Å². The van der Waals surface area contributed by atoms with E-state index in [4.69, 9.17) is 21.0 Å². The van der Waals surface area contributed by atoms with Crippen molar-refractivity contribution in [1.82, 2.24) is 14.6 Å². The summed E-state index contributed by atoms with van der Waals surface area (Å²) in [5.41, 5.74) is 3.78. The van der Waals surface area contributed by atoms with Gasteiger partial charge in [0.25, 0.3) is 0 Å². The van der Waals surface area contributed by atoms with E-state index in [0.29, 0.717) is 11.8 Å². The van der Waals surface area contributed by atoms with Crippen LogP contribution in [-0.4, -0.2) is 34.4 Å². The highest BCUT2D eigenvalue weighted by Gasteiger charge is 2.21. The zero-order chi connectivity index (χ0) is 14.8. The fourth-order valence-electron chi connectivity index (χ4n) is 2.66. The van der Waals surface area contributed by atoms with Crippen LogP contribution in [0.5, 0.6) is 5.88 Å². The van der Waals surface area contributed by atoms with Gasteiger partial charge in [0.05, 0.1) is 5.69 Å². The van der Waals surface area contributed by atoms with Gasteiger partial charge < -0.3 is 9.47 Å². The summed E-state index contributed by atoms with van der Waals surface area (Å²) in [5.74, 6) is 3.62. The summed E-state index contributed by atoms with van der Waals surface area (Å²) in [6.45, 7) is 5.77. The summed E-state index contributed by atoms with van der Waals surface area (Å²) in [5, 5.41) is 4.70. The van der Waals surface area contributed by atoms with Crippen molar-refractivity contribution in [2.45, 2.75) is 32.6 Å². The number of rotatable bonds is 3. The molecule has 1 fully saturated rings. The Morgan fingerprint density at radius 3 is 2.90 bits per heavy atom. The van der Waals surface area contributed by atoms with Gasteiger partial charge in [0.1, 0.15) is 0 Å². The third-order valence-corrected chi connectivity index (χ3v) is 3.98. The second-order valence-electron chi connectivity index (χ2n) is 5.35. The molecule has 5 nitrogen and oxygen atoms in total. The van der Waals surface area contributed by atoms with Gasteiger partial charge in [0.2, 0.25) is 5.88 Å². The Bertz CT molecular complexity index is 694. The molecule has 0 atom stereocenters. The van der Waals surface area contributed by atoms with Crippen LogP contribution in [0.3, 0.4) is 0 Å². The second-order valence-corrected chi connectivity index (χ2v) is 5.35. The molecule has 0 spiro atoms. The summed E-state index contributed by atoms with van der Waals surface area (Å²) < 4.78 is 12.9. The normalized spacial score (nSPS) is 16.0. The second kappa shape index (κ2) is 5.74. The highest BCUT2D eigenvalue weighted by molar-refractivity contribution is 5.47. The highest BCUT2D eigenvalue weighted by atomic mass is 16.5. The van der Waals surface area contributed by atoms with Crippen LogP contribution in [0, 0.1) is 26.2 Å². The molecule has 5 heteroatoms. The molecule has 0 aliphatic carbocycles. The maximum absolute atomic E-state index is 5.68. The number of nitrogens with zero attached hydrogens (tertiary/aromatic N) is 3. The summed E-state index contributed by atoms with van der Waals surface area (Å²) >= 11 is 0. The van der Waals surface area contributed by atoms with E-state index in [0.717, 1.165) is 48.7 Å². The van der Waals surface area contributed by atoms with Crippen molar-refractivity contribution in [1.29, 1.82) is 0 Å². The SMILES string of the molecule is C#CCOc1c(C)c(C)nc2cc(C3CCOCC3)nn12. The predicted octanol–water partition coefficient (Wildman–Crippen LogP) is 2.25. The van der Waals surface area contributed by atoms with Gasteiger partial charge in [-0.3, -0.25) is 0 Å². The monoisotopic (exact) mass is 285 g/mol. The highest BCUT2D eigenvalue weighted by Crippen LogP contribution is 2.29. The maximum atomic E-state index is 5.68. The van der Waals surface area contributed by atoms with Gasteiger partial charge in [-0.1, -0.05) is 5.92 Å². The molecule has 0 saturated carbocycles. The molecule has 0 aromatic carbocycles. The van der Waals surface area contributed by atoms with Crippen molar-refractivity contribution < 1.29 is 9.47 Å². The lowest BCUT2D eigenvalue weighted by molar-refractivity contribution is 0.0844. The van der Waals surface area contributed by atoms with Crippen LogP contribution < -0.4 is 4.74 Å². The predicted molar refractivity (Wildman–Crippen MR) is 79.6 cm³/mol. The Balaban J connectivity index is 2.05. The van der Waals surface area contributed by atoms with Gasteiger partial charge in [-0.15, -0.1) is 6.42 Å². The number of hydrogen-bond acceptors (Lipinski definition) is 4. The summed E-state index contributed by atoms with van der Waals surface area (Å²) in [4.78, 5) is 4.60. The number of aromatic nitrogens is 3. The molecule has 0 unspecified atom stereocenters. The molecule has 1 saturated heterocycles. The molecule has 110 valence electrons. The van der Waals surface area contributed by atoms with E-state index in [2.05, 4.69) is 10.9 Å². The first-order valence-corrected chi connectivity index (χ1v) is 7.21. The van der Waals surface area contributed by atoms with E-state index in [1.165, 1.54) is 0 Å². The fourth-order valence-corrected chi connectivity index (χ4v) is 2.66. The molecular formula is C16H19N3O2. The molecule has 0 bridgehead atoms. The molecule has 3 heterocycles. The Hall–Kier alpha value is -2.06. The van der Waals surface area contributed by atoms with Gasteiger partial charge in [-0.25, -0.2) is 4.98 Å². The first kappa shape index (κ1) is 13.9. The third-order valence-electron chi connectivity index (χ3n) is 3.98. The van der Waals surface area contributed by atoms with E-state index in [1.54, 1.807) is 4.52 Å². The van der Waals surface area contributed by atoms with E-state index >= 15 is 0 Å². The molecule has 21 heavy (non-hydrogen) atoms. The maximum Gasteiger partial charge on any atom is 0.222 e. The van der Waals surface area contributed by atoms with Crippen LogP contribution in [0.4, 0.5) is 0 Å². The molecule has 0 amide bonds. The van der Waals surface area contributed by atoms with E-state index in [1.807, 2.05) is 19.9 Å². The molecule has 2 aromatic rings. The van der Waals surface area contributed by atoms with E-state index < -0.39 is 0 Å². The van der Waals surface area contributed by atoms with Gasteiger partial charge in [-0.2, -0.15) is 9.61 Å². The molecular weight excluding hydrogens is 266 g/mol. The van der Waals surface area contributed by atoms with Crippen molar-refractivity contribution in [3.05, 3.63) is 23.0 Å². The fraction of sp³-hybridized carbons (Fsp3) is 0.500. The number of hydrogen-bond donors (Lipinski definition) is 0. The van der Waals surface area contributed by atoms with Crippen LogP contribution in [-0.2, 0) is 4.74 Å². The number of terminal acetylenes is 1. The molecule has 0 N–H and O–H groups in total. The Morgan fingerprint density at radius 2 is 2.19 bits per heavy atom.